The van der Waals surface area contributed by atoms with Crippen LogP contribution in [-0.4, -0.2) is 51.2 Å². The van der Waals surface area contributed by atoms with E-state index in [1.807, 2.05) is 13.0 Å². The van der Waals surface area contributed by atoms with Crippen molar-refractivity contribution in [2.24, 2.45) is 5.73 Å². The van der Waals surface area contributed by atoms with Crippen LogP contribution in [-0.2, 0) is 11.3 Å². The lowest BCUT2D eigenvalue weighted by molar-refractivity contribution is -0.119. The predicted octanol–water partition coefficient (Wildman–Crippen LogP) is 1.64. The third-order valence-corrected chi connectivity index (χ3v) is 3.30. The fraction of sp³-hybridized carbons (Fsp3) is 0.562. The predicted molar refractivity (Wildman–Crippen MR) is 92.2 cm³/mol. The van der Waals surface area contributed by atoms with Crippen molar-refractivity contribution in [2.75, 3.05) is 40.4 Å². The van der Waals surface area contributed by atoms with Crippen LogP contribution in [0, 0.1) is 0 Å². The van der Waals surface area contributed by atoms with Crippen molar-refractivity contribution in [3.8, 4) is 11.5 Å². The lowest BCUT2D eigenvalue weighted by Crippen LogP contribution is -2.21. The van der Waals surface area contributed by atoms with E-state index in [0.717, 1.165) is 25.1 Å². The van der Waals surface area contributed by atoms with Crippen molar-refractivity contribution in [1.82, 2.24) is 10.2 Å². The molecule has 0 bridgehead atoms. The van der Waals surface area contributed by atoms with E-state index in [2.05, 4.69) is 24.3 Å². The van der Waals surface area contributed by atoms with Gasteiger partial charge in [-0.15, -0.1) is 0 Å². The molecule has 0 aliphatic heterocycles. The van der Waals surface area contributed by atoms with E-state index in [9.17, 15) is 4.79 Å². The summed E-state index contributed by atoms with van der Waals surface area (Å²) in [6.07, 6.45) is 1.07. The molecule has 23 heavy (non-hydrogen) atoms. The SMILES string of the molecule is CCOc1cc(CNCCCN(C)C)cc(Cl)c1OCC(N)=O. The van der Waals surface area contributed by atoms with Crippen molar-refractivity contribution in [1.29, 1.82) is 0 Å². The van der Waals surface area contributed by atoms with Crippen LogP contribution >= 0.6 is 11.6 Å². The van der Waals surface area contributed by atoms with Crippen LogP contribution in [0.25, 0.3) is 0 Å². The number of carbonyl (C=O) groups is 1. The summed E-state index contributed by atoms with van der Waals surface area (Å²) in [7, 11) is 4.11. The number of ether oxygens (including phenoxy) is 2. The molecular formula is C16H26ClN3O3. The molecule has 0 radical (unpaired) electrons. The summed E-state index contributed by atoms with van der Waals surface area (Å²) < 4.78 is 10.9. The standard InChI is InChI=1S/C16H26ClN3O3/c1-4-22-14-9-12(10-19-6-5-7-20(2)3)8-13(17)16(14)23-11-15(18)21/h8-9,19H,4-7,10-11H2,1-3H3,(H2,18,21). The molecule has 3 N–H and O–H groups in total. The van der Waals surface area contributed by atoms with Gasteiger partial charge in [0.15, 0.2) is 18.1 Å². The highest BCUT2D eigenvalue weighted by Gasteiger charge is 2.13. The van der Waals surface area contributed by atoms with Crippen molar-refractivity contribution in [3.05, 3.63) is 22.7 Å². The van der Waals surface area contributed by atoms with E-state index >= 15 is 0 Å². The molecule has 0 spiro atoms. The highest BCUT2D eigenvalue weighted by Crippen LogP contribution is 2.36. The molecule has 0 unspecified atom stereocenters. The van der Waals surface area contributed by atoms with Crippen LogP contribution in [0.1, 0.15) is 18.9 Å². The van der Waals surface area contributed by atoms with Gasteiger partial charge >= 0.3 is 0 Å². The lowest BCUT2D eigenvalue weighted by atomic mass is 10.2. The average molecular weight is 344 g/mol. The van der Waals surface area contributed by atoms with Gasteiger partial charge in [-0.3, -0.25) is 4.79 Å². The molecule has 0 atom stereocenters. The molecule has 0 aliphatic rings. The molecule has 7 heteroatoms. The maximum absolute atomic E-state index is 10.9. The summed E-state index contributed by atoms with van der Waals surface area (Å²) in [6.45, 7) is 4.75. The van der Waals surface area contributed by atoms with Gasteiger partial charge < -0.3 is 25.4 Å². The van der Waals surface area contributed by atoms with Gasteiger partial charge in [-0.05, 0) is 58.2 Å². The number of benzene rings is 1. The number of halogens is 1. The van der Waals surface area contributed by atoms with Crippen molar-refractivity contribution < 1.29 is 14.3 Å². The molecule has 1 amide bonds. The summed E-state index contributed by atoms with van der Waals surface area (Å²) >= 11 is 6.24. The van der Waals surface area contributed by atoms with E-state index in [1.54, 1.807) is 6.07 Å². The first-order valence-corrected chi connectivity index (χ1v) is 8.03. The quantitative estimate of drug-likeness (QED) is 0.597. The Morgan fingerprint density at radius 1 is 1.35 bits per heavy atom. The molecule has 1 aromatic carbocycles. The second-order valence-electron chi connectivity index (χ2n) is 5.43. The minimum Gasteiger partial charge on any atom is -0.490 e. The van der Waals surface area contributed by atoms with Crippen molar-refractivity contribution in [2.45, 2.75) is 19.9 Å². The number of rotatable bonds is 11. The summed E-state index contributed by atoms with van der Waals surface area (Å²) in [5, 5.41) is 3.77. The lowest BCUT2D eigenvalue weighted by Gasteiger charge is -2.15. The topological polar surface area (TPSA) is 76.8 Å². The van der Waals surface area contributed by atoms with Crippen LogP contribution in [0.3, 0.4) is 0 Å². The largest absolute Gasteiger partial charge is 0.490 e. The molecular weight excluding hydrogens is 318 g/mol. The van der Waals surface area contributed by atoms with Crippen LogP contribution in [0.5, 0.6) is 11.5 Å². The molecule has 0 fully saturated rings. The molecule has 1 rings (SSSR count). The maximum Gasteiger partial charge on any atom is 0.255 e. The minimum absolute atomic E-state index is 0.234. The van der Waals surface area contributed by atoms with E-state index in [-0.39, 0.29) is 6.61 Å². The number of primary amides is 1. The Kier molecular flexibility index (Phi) is 8.76. The zero-order valence-corrected chi connectivity index (χ0v) is 14.8. The Balaban J connectivity index is 2.68. The van der Waals surface area contributed by atoms with Gasteiger partial charge in [0.2, 0.25) is 0 Å². The fourth-order valence-corrected chi connectivity index (χ4v) is 2.31. The highest BCUT2D eigenvalue weighted by atomic mass is 35.5. The second-order valence-corrected chi connectivity index (χ2v) is 5.83. The maximum atomic E-state index is 10.9. The van der Waals surface area contributed by atoms with Gasteiger partial charge in [-0.25, -0.2) is 0 Å². The number of nitrogens with one attached hydrogen (secondary N) is 1. The number of nitrogens with two attached hydrogens (primary N) is 1. The first-order valence-electron chi connectivity index (χ1n) is 7.65. The summed E-state index contributed by atoms with van der Waals surface area (Å²) in [5.74, 6) is 0.310. The fourth-order valence-electron chi connectivity index (χ4n) is 2.02. The molecule has 6 nitrogen and oxygen atoms in total. The molecule has 0 aliphatic carbocycles. The smallest absolute Gasteiger partial charge is 0.255 e. The Morgan fingerprint density at radius 3 is 2.70 bits per heavy atom. The molecule has 0 aromatic heterocycles. The Bertz CT molecular complexity index is 510. The molecule has 0 heterocycles. The number of carbonyl (C=O) groups excluding carboxylic acids is 1. The minimum atomic E-state index is -0.560. The first kappa shape index (κ1) is 19.5. The Labute approximate surface area is 142 Å². The molecule has 0 saturated heterocycles. The van der Waals surface area contributed by atoms with Crippen molar-refractivity contribution >= 4 is 17.5 Å². The highest BCUT2D eigenvalue weighted by molar-refractivity contribution is 6.32. The van der Waals surface area contributed by atoms with Crippen LogP contribution < -0.4 is 20.5 Å². The van der Waals surface area contributed by atoms with Crippen molar-refractivity contribution in [3.63, 3.8) is 0 Å². The Hall–Kier alpha value is -1.50. The zero-order valence-electron chi connectivity index (χ0n) is 14.0. The van der Waals surface area contributed by atoms with Gasteiger partial charge in [-0.2, -0.15) is 0 Å². The Morgan fingerprint density at radius 2 is 2.09 bits per heavy atom. The molecule has 0 saturated carbocycles. The van der Waals surface area contributed by atoms with Crippen LogP contribution in [0.4, 0.5) is 0 Å². The summed E-state index contributed by atoms with van der Waals surface area (Å²) in [6, 6.07) is 3.67. The average Bonchev–Trinajstić information content (AvgIpc) is 2.45. The van der Waals surface area contributed by atoms with Gasteiger partial charge in [0.25, 0.3) is 5.91 Å². The number of hydrogen-bond acceptors (Lipinski definition) is 5. The first-order chi connectivity index (χ1) is 10.9. The molecule has 1 aromatic rings. The number of nitrogens with zero attached hydrogens (tertiary/aromatic N) is 1. The summed E-state index contributed by atoms with van der Waals surface area (Å²) in [5.41, 5.74) is 6.09. The third kappa shape index (κ3) is 7.54. The monoisotopic (exact) mass is 343 g/mol. The number of hydrogen-bond donors (Lipinski definition) is 2. The second kappa shape index (κ2) is 10.3. The number of amides is 1. The zero-order chi connectivity index (χ0) is 17.2. The van der Waals surface area contributed by atoms with Gasteiger partial charge in [0.05, 0.1) is 11.6 Å². The van der Waals surface area contributed by atoms with Crippen LogP contribution in [0.2, 0.25) is 5.02 Å². The van der Waals surface area contributed by atoms with Gasteiger partial charge in [0, 0.05) is 6.54 Å². The normalized spacial score (nSPS) is 10.8. The van der Waals surface area contributed by atoms with Gasteiger partial charge in [-0.1, -0.05) is 11.6 Å². The third-order valence-electron chi connectivity index (χ3n) is 3.02. The van der Waals surface area contributed by atoms with E-state index in [0.29, 0.717) is 29.7 Å². The summed E-state index contributed by atoms with van der Waals surface area (Å²) in [4.78, 5) is 13.0. The van der Waals surface area contributed by atoms with E-state index in [1.165, 1.54) is 0 Å². The van der Waals surface area contributed by atoms with Gasteiger partial charge in [0.1, 0.15) is 0 Å². The van der Waals surface area contributed by atoms with E-state index in [4.69, 9.17) is 26.8 Å². The van der Waals surface area contributed by atoms with E-state index < -0.39 is 5.91 Å². The van der Waals surface area contributed by atoms with Crippen LogP contribution in [0.15, 0.2) is 12.1 Å². The molecule has 130 valence electrons.